The Bertz CT molecular complexity index is 531. The highest BCUT2D eigenvalue weighted by molar-refractivity contribution is 5.76. The first-order valence-electron chi connectivity index (χ1n) is 8.71. The fourth-order valence-electron chi connectivity index (χ4n) is 5.35. The van der Waals surface area contributed by atoms with E-state index in [0.717, 1.165) is 6.42 Å². The van der Waals surface area contributed by atoms with Crippen LogP contribution in [-0.2, 0) is 19.1 Å². The van der Waals surface area contributed by atoms with E-state index in [1.807, 2.05) is 0 Å². The minimum Gasteiger partial charge on any atom is -0.481 e. The molecular weight excluding hydrogens is 341 g/mol. The van der Waals surface area contributed by atoms with Crippen LogP contribution in [0.3, 0.4) is 0 Å². The summed E-state index contributed by atoms with van der Waals surface area (Å²) in [6.07, 6.45) is -1.40. The summed E-state index contributed by atoms with van der Waals surface area (Å²) in [4.78, 5) is 23.8. The molecule has 0 aromatic heterocycles. The van der Waals surface area contributed by atoms with Crippen LogP contribution in [0.4, 0.5) is 13.2 Å². The van der Waals surface area contributed by atoms with Gasteiger partial charge in [0, 0.05) is 19.4 Å². The Morgan fingerprint density at radius 1 is 1.12 bits per heavy atom. The van der Waals surface area contributed by atoms with Gasteiger partial charge in [-0.05, 0) is 50.4 Å². The van der Waals surface area contributed by atoms with E-state index in [-0.39, 0.29) is 24.9 Å². The zero-order chi connectivity index (χ0) is 18.3. The summed E-state index contributed by atoms with van der Waals surface area (Å²) in [5.74, 6) is -0.907. The minimum atomic E-state index is -4.23. The molecule has 0 aromatic carbocycles. The van der Waals surface area contributed by atoms with Gasteiger partial charge in [0.15, 0.2) is 0 Å². The summed E-state index contributed by atoms with van der Waals surface area (Å²) < 4.78 is 46.7. The number of halogens is 3. The summed E-state index contributed by atoms with van der Waals surface area (Å²) in [6.45, 7) is -0.555. The van der Waals surface area contributed by atoms with Gasteiger partial charge in [-0.15, -0.1) is 0 Å². The Morgan fingerprint density at radius 2 is 1.76 bits per heavy atom. The van der Waals surface area contributed by atoms with Gasteiger partial charge in [-0.2, -0.15) is 13.2 Å². The third kappa shape index (κ3) is 4.10. The summed E-state index contributed by atoms with van der Waals surface area (Å²) in [5, 5.41) is 9.64. The lowest BCUT2D eigenvalue weighted by atomic mass is 9.48. The Hall–Kier alpha value is -1.31. The Labute approximate surface area is 143 Å². The first-order chi connectivity index (χ1) is 11.6. The molecule has 4 bridgehead atoms. The molecule has 2 atom stereocenters. The molecule has 1 N–H and O–H groups in total. The van der Waals surface area contributed by atoms with Crippen LogP contribution in [0.15, 0.2) is 0 Å². The van der Waals surface area contributed by atoms with E-state index in [1.54, 1.807) is 0 Å². The largest absolute Gasteiger partial charge is 0.481 e. The van der Waals surface area contributed by atoms with Crippen LogP contribution >= 0.6 is 0 Å². The number of carboxylic acids is 1. The van der Waals surface area contributed by atoms with E-state index in [1.165, 1.54) is 0 Å². The van der Waals surface area contributed by atoms with E-state index in [4.69, 9.17) is 9.47 Å². The zero-order valence-electron chi connectivity index (χ0n) is 13.9. The van der Waals surface area contributed by atoms with E-state index in [2.05, 4.69) is 0 Å². The minimum absolute atomic E-state index is 0.161. The van der Waals surface area contributed by atoms with Crippen LogP contribution in [-0.4, -0.2) is 42.0 Å². The highest BCUT2D eigenvalue weighted by atomic mass is 19.4. The van der Waals surface area contributed by atoms with Crippen molar-refractivity contribution in [2.45, 2.75) is 63.1 Å². The lowest BCUT2D eigenvalue weighted by molar-refractivity contribution is -0.212. The van der Waals surface area contributed by atoms with Crippen molar-refractivity contribution < 1.29 is 37.3 Å². The molecule has 0 heterocycles. The summed E-state index contributed by atoms with van der Waals surface area (Å²) in [5.41, 5.74) is -1.53. The Morgan fingerprint density at radius 3 is 2.32 bits per heavy atom. The first kappa shape index (κ1) is 18.5. The lowest BCUT2D eigenvalue weighted by Crippen LogP contribution is -2.59. The predicted octanol–water partition coefficient (Wildman–Crippen LogP) is 3.31. The molecule has 4 rings (SSSR count). The Kier molecular flexibility index (Phi) is 4.77. The van der Waals surface area contributed by atoms with Crippen molar-refractivity contribution >= 4 is 11.9 Å². The van der Waals surface area contributed by atoms with Gasteiger partial charge in [0.05, 0.1) is 5.41 Å². The van der Waals surface area contributed by atoms with Crippen molar-refractivity contribution in [2.75, 3.05) is 13.2 Å². The van der Waals surface area contributed by atoms with Gasteiger partial charge in [-0.3, -0.25) is 4.79 Å². The van der Waals surface area contributed by atoms with Gasteiger partial charge in [0.25, 0.3) is 0 Å². The van der Waals surface area contributed by atoms with Crippen LogP contribution in [0.25, 0.3) is 0 Å². The second kappa shape index (κ2) is 6.45. The number of hydrogen-bond donors (Lipinski definition) is 1. The SMILES string of the molecule is O=C(COCCCC(F)(F)F)OC12CC3CC(C1)CC(C(=O)O)(C3)C2. The van der Waals surface area contributed by atoms with Crippen molar-refractivity contribution in [2.24, 2.45) is 17.3 Å². The standard InChI is InChI=1S/C17H23F3O5/c18-17(19,20)2-1-3-24-9-13(21)25-16-7-11-4-12(8-16)6-15(5-11,10-16)14(22)23/h11-12H,1-10H2,(H,22,23). The summed E-state index contributed by atoms with van der Waals surface area (Å²) >= 11 is 0. The third-order valence-corrected chi connectivity index (χ3v) is 5.76. The molecule has 2 unspecified atom stereocenters. The number of alkyl halides is 3. The number of carboxylic acid groups (broad SMARTS) is 1. The highest BCUT2D eigenvalue weighted by Crippen LogP contribution is 2.62. The van der Waals surface area contributed by atoms with Crippen molar-refractivity contribution in [1.82, 2.24) is 0 Å². The number of ether oxygens (including phenoxy) is 2. The average molecular weight is 364 g/mol. The van der Waals surface area contributed by atoms with Crippen LogP contribution in [0.2, 0.25) is 0 Å². The second-order valence-corrected chi connectivity index (χ2v) is 7.97. The molecule has 4 aliphatic rings. The van der Waals surface area contributed by atoms with Crippen molar-refractivity contribution in [3.63, 3.8) is 0 Å². The molecule has 0 aliphatic heterocycles. The molecule has 8 heteroatoms. The molecule has 0 amide bonds. The first-order valence-corrected chi connectivity index (χ1v) is 8.71. The molecule has 4 aliphatic carbocycles. The van der Waals surface area contributed by atoms with Crippen molar-refractivity contribution in [3.05, 3.63) is 0 Å². The molecule has 142 valence electrons. The summed E-state index contributed by atoms with van der Waals surface area (Å²) in [7, 11) is 0. The van der Waals surface area contributed by atoms with Crippen molar-refractivity contribution in [1.29, 1.82) is 0 Å². The fourth-order valence-corrected chi connectivity index (χ4v) is 5.35. The van der Waals surface area contributed by atoms with Crippen LogP contribution in [0, 0.1) is 17.3 Å². The maximum atomic E-state index is 12.0. The van der Waals surface area contributed by atoms with Gasteiger partial charge >= 0.3 is 18.1 Å². The maximum Gasteiger partial charge on any atom is 0.389 e. The number of esters is 1. The van der Waals surface area contributed by atoms with Gasteiger partial charge in [-0.25, -0.2) is 4.79 Å². The molecule has 5 nitrogen and oxygen atoms in total. The number of carbonyl (C=O) groups is 2. The molecule has 0 radical (unpaired) electrons. The number of rotatable bonds is 7. The molecule has 0 spiro atoms. The predicted molar refractivity (Wildman–Crippen MR) is 79.7 cm³/mol. The van der Waals surface area contributed by atoms with Crippen molar-refractivity contribution in [3.8, 4) is 0 Å². The molecule has 0 saturated heterocycles. The third-order valence-electron chi connectivity index (χ3n) is 5.76. The van der Waals surface area contributed by atoms with E-state index >= 15 is 0 Å². The van der Waals surface area contributed by atoms with Crippen LogP contribution in [0.5, 0.6) is 0 Å². The monoisotopic (exact) mass is 364 g/mol. The van der Waals surface area contributed by atoms with E-state index in [9.17, 15) is 27.9 Å². The molecule has 0 aromatic rings. The topological polar surface area (TPSA) is 72.8 Å². The van der Waals surface area contributed by atoms with E-state index in [0.29, 0.717) is 32.1 Å². The molecule has 4 fully saturated rings. The highest BCUT2D eigenvalue weighted by Gasteiger charge is 2.62. The zero-order valence-corrected chi connectivity index (χ0v) is 13.9. The van der Waals surface area contributed by atoms with Gasteiger partial charge in [0.1, 0.15) is 12.2 Å². The lowest BCUT2D eigenvalue weighted by Gasteiger charge is -2.59. The number of aliphatic carboxylic acids is 1. The van der Waals surface area contributed by atoms with Gasteiger partial charge in [-0.1, -0.05) is 0 Å². The maximum absolute atomic E-state index is 12.0. The number of carbonyl (C=O) groups excluding carboxylic acids is 1. The molecule has 25 heavy (non-hydrogen) atoms. The quantitative estimate of drug-likeness (QED) is 0.554. The fraction of sp³-hybridized carbons (Fsp3) is 0.882. The average Bonchev–Trinajstić information content (AvgIpc) is 2.43. The molecular formula is C17H23F3O5. The van der Waals surface area contributed by atoms with Crippen LogP contribution in [0.1, 0.15) is 51.4 Å². The second-order valence-electron chi connectivity index (χ2n) is 7.97. The normalized spacial score (nSPS) is 36.4. The van der Waals surface area contributed by atoms with Crippen LogP contribution < -0.4 is 0 Å². The number of hydrogen-bond acceptors (Lipinski definition) is 4. The summed E-state index contributed by atoms with van der Waals surface area (Å²) in [6, 6.07) is 0. The molecule has 4 saturated carbocycles. The van der Waals surface area contributed by atoms with Gasteiger partial charge < -0.3 is 14.6 Å². The van der Waals surface area contributed by atoms with Gasteiger partial charge in [0.2, 0.25) is 0 Å². The smallest absolute Gasteiger partial charge is 0.389 e. The van der Waals surface area contributed by atoms with E-state index < -0.39 is 42.2 Å². The Balaban J connectivity index is 1.50.